The molecule has 1 amide bonds. The zero-order valence-electron chi connectivity index (χ0n) is 13.2. The van der Waals surface area contributed by atoms with E-state index >= 15 is 0 Å². The van der Waals surface area contributed by atoms with Crippen molar-refractivity contribution in [1.29, 1.82) is 0 Å². The summed E-state index contributed by atoms with van der Waals surface area (Å²) >= 11 is 0. The van der Waals surface area contributed by atoms with Crippen LogP contribution in [0.4, 0.5) is 5.69 Å². The highest BCUT2D eigenvalue weighted by atomic mass is 16.5. The second-order valence-corrected chi connectivity index (χ2v) is 5.97. The average Bonchev–Trinajstić information content (AvgIpc) is 2.50. The van der Waals surface area contributed by atoms with Gasteiger partial charge in [-0.25, -0.2) is 0 Å². The van der Waals surface area contributed by atoms with Crippen molar-refractivity contribution in [2.45, 2.75) is 51.6 Å². The van der Waals surface area contributed by atoms with Crippen LogP contribution in [0.1, 0.15) is 39.5 Å². The molecule has 3 atom stereocenters. The van der Waals surface area contributed by atoms with Crippen molar-refractivity contribution >= 4 is 11.6 Å². The monoisotopic (exact) mass is 290 g/mol. The van der Waals surface area contributed by atoms with Gasteiger partial charge in [-0.05, 0) is 49.9 Å². The zero-order valence-corrected chi connectivity index (χ0v) is 13.2. The Morgan fingerprint density at radius 2 is 1.90 bits per heavy atom. The summed E-state index contributed by atoms with van der Waals surface area (Å²) in [6.45, 7) is 4.12. The summed E-state index contributed by atoms with van der Waals surface area (Å²) in [7, 11) is 1.64. The van der Waals surface area contributed by atoms with Crippen LogP contribution in [0.25, 0.3) is 0 Å². The lowest BCUT2D eigenvalue weighted by atomic mass is 9.86. The fraction of sp³-hybridized carbons (Fsp3) is 0.588. The van der Waals surface area contributed by atoms with E-state index in [4.69, 9.17) is 4.74 Å². The van der Waals surface area contributed by atoms with E-state index in [1.54, 1.807) is 7.11 Å². The molecular formula is C17H26N2O2. The van der Waals surface area contributed by atoms with Gasteiger partial charge in [0.1, 0.15) is 11.8 Å². The van der Waals surface area contributed by atoms with Crippen molar-refractivity contribution in [2.24, 2.45) is 5.92 Å². The molecule has 0 unspecified atom stereocenters. The topological polar surface area (TPSA) is 50.4 Å². The van der Waals surface area contributed by atoms with E-state index in [-0.39, 0.29) is 11.9 Å². The molecule has 2 rings (SSSR count). The molecule has 1 saturated carbocycles. The molecule has 4 nitrogen and oxygen atoms in total. The quantitative estimate of drug-likeness (QED) is 0.875. The number of methoxy groups -OCH3 is 1. The molecule has 0 radical (unpaired) electrons. The van der Waals surface area contributed by atoms with Crippen molar-refractivity contribution in [2.75, 3.05) is 12.4 Å². The molecule has 0 saturated heterocycles. The first kappa shape index (κ1) is 15.7. The Balaban J connectivity index is 1.86. The summed E-state index contributed by atoms with van der Waals surface area (Å²) in [5, 5.41) is 6.41. The fourth-order valence-electron chi connectivity index (χ4n) is 2.84. The minimum Gasteiger partial charge on any atom is -0.497 e. The lowest BCUT2D eigenvalue weighted by Gasteiger charge is -2.30. The van der Waals surface area contributed by atoms with Gasteiger partial charge in [0.05, 0.1) is 7.11 Å². The maximum absolute atomic E-state index is 12.3. The summed E-state index contributed by atoms with van der Waals surface area (Å²) in [5.74, 6) is 1.47. The standard InChI is InChI=1S/C17H26N2O2/c1-12-6-4-5-7-16(12)19-17(20)13(2)18-14-8-10-15(21-3)11-9-14/h8-13,16,18H,4-7H2,1-3H3,(H,19,20)/t12-,13+,16-/m0/s1. The van der Waals surface area contributed by atoms with Crippen LogP contribution in [0.15, 0.2) is 24.3 Å². The van der Waals surface area contributed by atoms with Crippen LogP contribution in [-0.4, -0.2) is 25.1 Å². The third-order valence-electron chi connectivity index (χ3n) is 4.31. The van der Waals surface area contributed by atoms with E-state index in [0.717, 1.165) is 17.9 Å². The highest BCUT2D eigenvalue weighted by Crippen LogP contribution is 2.24. The van der Waals surface area contributed by atoms with Gasteiger partial charge in [0.2, 0.25) is 5.91 Å². The van der Waals surface area contributed by atoms with Crippen LogP contribution >= 0.6 is 0 Å². The van der Waals surface area contributed by atoms with Gasteiger partial charge in [-0.2, -0.15) is 0 Å². The number of nitrogens with one attached hydrogen (secondary N) is 2. The Morgan fingerprint density at radius 1 is 1.24 bits per heavy atom. The third-order valence-corrected chi connectivity index (χ3v) is 4.31. The van der Waals surface area contributed by atoms with E-state index in [1.165, 1.54) is 19.3 Å². The number of amides is 1. The predicted octanol–water partition coefficient (Wildman–Crippen LogP) is 3.19. The summed E-state index contributed by atoms with van der Waals surface area (Å²) in [4.78, 5) is 12.3. The van der Waals surface area contributed by atoms with Gasteiger partial charge < -0.3 is 15.4 Å². The van der Waals surface area contributed by atoms with Crippen LogP contribution in [0.3, 0.4) is 0 Å². The molecule has 1 aromatic rings. The number of anilines is 1. The molecule has 4 heteroatoms. The Bertz CT molecular complexity index is 458. The second-order valence-electron chi connectivity index (χ2n) is 5.97. The largest absolute Gasteiger partial charge is 0.497 e. The molecule has 0 aliphatic heterocycles. The number of hydrogen-bond acceptors (Lipinski definition) is 3. The van der Waals surface area contributed by atoms with Crippen LogP contribution < -0.4 is 15.4 Å². The van der Waals surface area contributed by atoms with Gasteiger partial charge in [-0.15, -0.1) is 0 Å². The van der Waals surface area contributed by atoms with Gasteiger partial charge >= 0.3 is 0 Å². The number of carbonyl (C=O) groups is 1. The lowest BCUT2D eigenvalue weighted by molar-refractivity contribution is -0.122. The van der Waals surface area contributed by atoms with Gasteiger partial charge in [0.15, 0.2) is 0 Å². The normalized spacial score (nSPS) is 23.2. The SMILES string of the molecule is COc1ccc(N[C@H](C)C(=O)N[C@H]2CCCC[C@@H]2C)cc1. The van der Waals surface area contributed by atoms with Crippen molar-refractivity contribution < 1.29 is 9.53 Å². The molecule has 0 bridgehead atoms. The Morgan fingerprint density at radius 3 is 2.52 bits per heavy atom. The Hall–Kier alpha value is -1.71. The second kappa shape index (κ2) is 7.34. The van der Waals surface area contributed by atoms with Gasteiger partial charge in [0.25, 0.3) is 0 Å². The summed E-state index contributed by atoms with van der Waals surface area (Å²) in [6, 6.07) is 7.70. The smallest absolute Gasteiger partial charge is 0.242 e. The summed E-state index contributed by atoms with van der Waals surface area (Å²) in [5.41, 5.74) is 0.926. The molecule has 0 spiro atoms. The Kier molecular flexibility index (Phi) is 5.48. The van der Waals surface area contributed by atoms with Crippen molar-refractivity contribution in [3.05, 3.63) is 24.3 Å². The molecule has 0 aromatic heterocycles. The molecule has 2 N–H and O–H groups in total. The summed E-state index contributed by atoms with van der Waals surface area (Å²) < 4.78 is 5.13. The molecule has 1 aromatic carbocycles. The maximum atomic E-state index is 12.3. The minimum atomic E-state index is -0.243. The van der Waals surface area contributed by atoms with Gasteiger partial charge in [0, 0.05) is 11.7 Å². The fourth-order valence-corrected chi connectivity index (χ4v) is 2.84. The van der Waals surface area contributed by atoms with Crippen molar-refractivity contribution in [3.8, 4) is 5.75 Å². The number of rotatable bonds is 5. The van der Waals surface area contributed by atoms with Crippen LogP contribution in [0.2, 0.25) is 0 Å². The zero-order chi connectivity index (χ0) is 15.2. The number of benzene rings is 1. The van der Waals surface area contributed by atoms with E-state index < -0.39 is 0 Å². The van der Waals surface area contributed by atoms with E-state index in [0.29, 0.717) is 12.0 Å². The summed E-state index contributed by atoms with van der Waals surface area (Å²) in [6.07, 6.45) is 4.82. The first-order valence-electron chi connectivity index (χ1n) is 7.81. The van der Waals surface area contributed by atoms with Crippen molar-refractivity contribution in [1.82, 2.24) is 5.32 Å². The van der Waals surface area contributed by atoms with Gasteiger partial charge in [-0.1, -0.05) is 19.8 Å². The van der Waals surface area contributed by atoms with Crippen LogP contribution in [-0.2, 0) is 4.79 Å². The van der Waals surface area contributed by atoms with Gasteiger partial charge in [-0.3, -0.25) is 4.79 Å². The molecular weight excluding hydrogens is 264 g/mol. The maximum Gasteiger partial charge on any atom is 0.242 e. The van der Waals surface area contributed by atoms with Crippen LogP contribution in [0.5, 0.6) is 5.75 Å². The highest BCUT2D eigenvalue weighted by molar-refractivity contribution is 5.84. The molecule has 1 fully saturated rings. The molecule has 21 heavy (non-hydrogen) atoms. The van der Waals surface area contributed by atoms with E-state index in [1.807, 2.05) is 31.2 Å². The van der Waals surface area contributed by atoms with Crippen LogP contribution in [0, 0.1) is 5.92 Å². The average molecular weight is 290 g/mol. The number of carbonyl (C=O) groups excluding carboxylic acids is 1. The van der Waals surface area contributed by atoms with E-state index in [2.05, 4.69) is 17.6 Å². The molecule has 1 aliphatic carbocycles. The molecule has 0 heterocycles. The minimum absolute atomic E-state index is 0.0737. The predicted molar refractivity (Wildman–Crippen MR) is 85.6 cm³/mol. The van der Waals surface area contributed by atoms with E-state index in [9.17, 15) is 4.79 Å². The first-order chi connectivity index (χ1) is 10.1. The molecule has 1 aliphatic rings. The number of ether oxygens (including phenoxy) is 1. The lowest BCUT2D eigenvalue weighted by Crippen LogP contribution is -2.46. The first-order valence-corrected chi connectivity index (χ1v) is 7.81. The number of hydrogen-bond donors (Lipinski definition) is 2. The third kappa shape index (κ3) is 4.38. The van der Waals surface area contributed by atoms with Crippen molar-refractivity contribution in [3.63, 3.8) is 0 Å². The highest BCUT2D eigenvalue weighted by Gasteiger charge is 2.24. The Labute approximate surface area is 127 Å². The molecule has 116 valence electrons.